The van der Waals surface area contributed by atoms with Crippen LogP contribution in [0.2, 0.25) is 0 Å². The number of nitrogens with two attached hydrogens (primary N) is 2. The van der Waals surface area contributed by atoms with Crippen molar-refractivity contribution in [2.24, 2.45) is 0 Å². The number of hydrogen-bond donors (Lipinski definition) is 6. The second-order valence-electron chi connectivity index (χ2n) is 10.7. The van der Waals surface area contributed by atoms with Gasteiger partial charge in [0.2, 0.25) is 5.95 Å². The van der Waals surface area contributed by atoms with Gasteiger partial charge in [0.05, 0.1) is 25.9 Å². The monoisotopic (exact) mass is 685 g/mol. The first-order valence-corrected chi connectivity index (χ1v) is 17.3. The van der Waals surface area contributed by atoms with Crippen molar-refractivity contribution in [3.63, 3.8) is 0 Å². The van der Waals surface area contributed by atoms with E-state index in [1.54, 1.807) is 0 Å². The van der Waals surface area contributed by atoms with Crippen LogP contribution < -0.4 is 22.1 Å². The molecule has 46 heavy (non-hydrogen) atoms. The molecule has 10 atom stereocenters. The Bertz CT molecular complexity index is 1950. The predicted octanol–water partition coefficient (Wildman–Crippen LogP) is -1.39. The van der Waals surface area contributed by atoms with Crippen molar-refractivity contribution in [2.75, 3.05) is 38.4 Å². The summed E-state index contributed by atoms with van der Waals surface area (Å²) in [7, 11) is -7.03. The molecule has 2 bridgehead atoms. The van der Waals surface area contributed by atoms with Gasteiger partial charge in [-0.15, -0.1) is 0 Å². The van der Waals surface area contributed by atoms with Crippen LogP contribution in [0.5, 0.6) is 0 Å². The summed E-state index contributed by atoms with van der Waals surface area (Å²) >= 11 is 0. The highest BCUT2D eigenvalue weighted by atomic mass is 31.2. The van der Waals surface area contributed by atoms with Crippen molar-refractivity contribution in [3.05, 3.63) is 29.3 Å². The molecule has 0 spiro atoms. The van der Waals surface area contributed by atoms with E-state index >= 15 is 0 Å². The molecule has 0 amide bonds. The molecule has 248 valence electrons. The van der Waals surface area contributed by atoms with E-state index in [0.717, 1.165) is 0 Å². The Morgan fingerprint density at radius 1 is 0.913 bits per heavy atom. The zero-order valence-corrected chi connectivity index (χ0v) is 25.8. The van der Waals surface area contributed by atoms with Crippen LogP contribution >= 0.6 is 15.3 Å². The number of fused-ring (bicyclic) bond motifs is 5. The summed E-state index contributed by atoms with van der Waals surface area (Å²) in [6, 6.07) is 0. The number of nitrogen functional groups attached to an aromatic ring is 2. The first-order chi connectivity index (χ1) is 21.9. The lowest BCUT2D eigenvalue weighted by atomic mass is 10.1. The van der Waals surface area contributed by atoms with Gasteiger partial charge in [-0.25, -0.2) is 29.6 Å². The van der Waals surface area contributed by atoms with Gasteiger partial charge in [-0.3, -0.25) is 37.0 Å². The molecule has 8 N–H and O–H groups in total. The van der Waals surface area contributed by atoms with E-state index in [9.17, 15) is 24.1 Å². The molecule has 4 aromatic heterocycles. The molecular formula is C22H29N11O11P2. The minimum absolute atomic E-state index is 0.0132. The van der Waals surface area contributed by atoms with Gasteiger partial charge >= 0.3 is 15.3 Å². The summed E-state index contributed by atoms with van der Waals surface area (Å²) in [4.78, 5) is 35.1. The molecule has 4 aromatic rings. The van der Waals surface area contributed by atoms with Gasteiger partial charge in [0.15, 0.2) is 35.1 Å². The second-order valence-corrected chi connectivity index (χ2v) is 14.6. The number of aliphatic hydroxyl groups excluding tert-OH is 2. The van der Waals surface area contributed by atoms with Crippen molar-refractivity contribution in [2.45, 2.75) is 49.1 Å². The zero-order chi connectivity index (χ0) is 32.5. The Kier molecular flexibility index (Phi) is 7.73. The summed E-state index contributed by atoms with van der Waals surface area (Å²) in [5.74, 6) is -0.110. The van der Waals surface area contributed by atoms with E-state index in [-0.39, 0.29) is 34.1 Å². The van der Waals surface area contributed by atoms with Crippen LogP contribution in [0.4, 0.5) is 11.8 Å². The molecule has 3 aliphatic rings. The average molecular weight is 685 g/mol. The molecular weight excluding hydrogens is 656 g/mol. The number of nitrogens with zero attached hydrogens (tertiary/aromatic N) is 7. The fourth-order valence-electron chi connectivity index (χ4n) is 5.53. The predicted molar refractivity (Wildman–Crippen MR) is 154 cm³/mol. The van der Waals surface area contributed by atoms with E-state index in [0.29, 0.717) is 0 Å². The van der Waals surface area contributed by atoms with E-state index in [1.165, 1.54) is 41.8 Å². The van der Waals surface area contributed by atoms with Crippen LogP contribution in [-0.2, 0) is 36.7 Å². The number of hydrogen-bond acceptors (Lipinski definition) is 18. The Hall–Kier alpha value is -3.40. The molecule has 4 unspecified atom stereocenters. The topological polar surface area (TPSA) is 301 Å². The van der Waals surface area contributed by atoms with Crippen LogP contribution in [0.15, 0.2) is 23.8 Å². The van der Waals surface area contributed by atoms with Crippen LogP contribution in [-0.4, -0.2) is 113 Å². The maximum Gasteiger partial charge on any atom is 0.405 e. The summed E-state index contributed by atoms with van der Waals surface area (Å²) < 4.78 is 65.3. The van der Waals surface area contributed by atoms with Crippen LogP contribution in [0.3, 0.4) is 0 Å². The average Bonchev–Trinajstić information content (AvgIpc) is 3.77. The third-order valence-electron chi connectivity index (χ3n) is 7.74. The molecule has 24 heteroatoms. The lowest BCUT2D eigenvalue weighted by Crippen LogP contribution is -2.37. The lowest BCUT2D eigenvalue weighted by molar-refractivity contribution is -0.0601. The van der Waals surface area contributed by atoms with Gasteiger partial charge < -0.3 is 35.7 Å². The van der Waals surface area contributed by atoms with Crippen LogP contribution in [0.25, 0.3) is 22.3 Å². The fourth-order valence-corrected chi connectivity index (χ4v) is 7.90. The number of aromatic nitrogens is 8. The molecule has 0 radical (unpaired) electrons. The third kappa shape index (κ3) is 5.30. The van der Waals surface area contributed by atoms with Gasteiger partial charge in [-0.1, -0.05) is 0 Å². The van der Waals surface area contributed by atoms with Gasteiger partial charge in [-0.2, -0.15) is 4.98 Å². The number of imidazole rings is 2. The van der Waals surface area contributed by atoms with Crippen molar-refractivity contribution in [1.29, 1.82) is 0 Å². The van der Waals surface area contributed by atoms with Crippen LogP contribution in [0, 0.1) is 0 Å². The largest absolute Gasteiger partial charge is 0.405 e. The Morgan fingerprint density at radius 3 is 2.37 bits per heavy atom. The Morgan fingerprint density at radius 2 is 1.61 bits per heavy atom. The molecule has 7 rings (SSSR count). The molecule has 0 aliphatic carbocycles. The van der Waals surface area contributed by atoms with Crippen molar-refractivity contribution in [1.82, 2.24) is 44.1 Å². The van der Waals surface area contributed by atoms with Crippen molar-refractivity contribution >= 4 is 49.4 Å². The number of H-pyrrole nitrogens is 1. The maximum absolute atomic E-state index is 13.9. The number of aliphatic hydroxyl groups is 2. The smallest absolute Gasteiger partial charge is 0.387 e. The highest BCUT2D eigenvalue weighted by Gasteiger charge is 2.53. The third-order valence-corrected chi connectivity index (χ3v) is 10.5. The van der Waals surface area contributed by atoms with Gasteiger partial charge in [0.1, 0.15) is 48.5 Å². The number of ether oxygens (including phenoxy) is 2. The first-order valence-electron chi connectivity index (χ1n) is 13.7. The quantitative estimate of drug-likeness (QED) is 0.135. The number of nitrogens with one attached hydrogen (secondary N) is 2. The SMILES string of the molecule is CNP1(=O)OC[C@H]2O[C@@H](n3cnc4c(N)ncnc43)C(O)[C@H]2OP(C)(=O)OC[C@H]2O[C@@H](n3cnc4c(=O)[nH]c(N)nc43)[C@@H](O1)C2O. The number of aromatic amines is 1. The standard InChI is InChI=1S/C22H29N11O11P2/c1-25-46(38)40-4-9-14(13(35)20(42-9)32-6-28-10-16(23)26-5-27-17(10)32)43-45(2,37)39-3-8-12(34)15(44-46)21(41-8)33-7-29-11-18(33)30-22(24)31-19(11)36/h5-9,12-15,20-21,34-35H,3-4H2,1-2H3,(H,25,38)(H2,23,26,27)(H3,24,30,31,36)/t8-,9-,12?,13?,14+,15+,20-,21-,45?,46?/m1/s1. The normalized spacial score (nSPS) is 37.1. The van der Waals surface area contributed by atoms with Crippen molar-refractivity contribution in [3.8, 4) is 0 Å². The van der Waals surface area contributed by atoms with Gasteiger partial charge in [0, 0.05) is 6.66 Å². The van der Waals surface area contributed by atoms with Gasteiger partial charge in [-0.05, 0) is 7.05 Å². The minimum Gasteiger partial charge on any atom is -0.387 e. The second kappa shape index (κ2) is 11.4. The first kappa shape index (κ1) is 31.2. The van der Waals surface area contributed by atoms with Gasteiger partial charge in [0.25, 0.3) is 5.56 Å². The van der Waals surface area contributed by atoms with E-state index in [1.807, 2.05) is 0 Å². The molecule has 3 aliphatic heterocycles. The van der Waals surface area contributed by atoms with Crippen molar-refractivity contribution < 1.29 is 46.9 Å². The van der Waals surface area contributed by atoms with Crippen LogP contribution in [0.1, 0.15) is 12.5 Å². The molecule has 0 saturated carbocycles. The highest BCUT2D eigenvalue weighted by molar-refractivity contribution is 7.53. The highest BCUT2D eigenvalue weighted by Crippen LogP contribution is 2.53. The van der Waals surface area contributed by atoms with E-state index in [2.05, 4.69) is 35.0 Å². The Labute approximate surface area is 257 Å². The maximum atomic E-state index is 13.9. The number of anilines is 2. The molecule has 3 fully saturated rings. The molecule has 3 saturated heterocycles. The number of rotatable bonds is 3. The van der Waals surface area contributed by atoms with E-state index < -0.39 is 83.2 Å². The molecule has 0 aromatic carbocycles. The molecule has 22 nitrogen and oxygen atoms in total. The summed E-state index contributed by atoms with van der Waals surface area (Å²) in [6.45, 7) is 0.136. The fraction of sp³-hybridized carbons (Fsp3) is 0.545. The molecule has 7 heterocycles. The van der Waals surface area contributed by atoms with E-state index in [4.69, 9.17) is 39.0 Å². The summed E-state index contributed by atoms with van der Waals surface area (Å²) in [5.41, 5.74) is 11.4. The Balaban J connectivity index is 1.22. The zero-order valence-electron chi connectivity index (χ0n) is 24.0. The lowest BCUT2D eigenvalue weighted by Gasteiger charge is -2.28. The summed E-state index contributed by atoms with van der Waals surface area (Å²) in [6.07, 6.45) is -6.95. The minimum atomic E-state index is -4.31. The summed E-state index contributed by atoms with van der Waals surface area (Å²) in [5, 5.41) is 25.1.